The van der Waals surface area contributed by atoms with Gasteiger partial charge in [-0.2, -0.15) is 0 Å². The first kappa shape index (κ1) is 28.5. The molecule has 9 heteroatoms. The van der Waals surface area contributed by atoms with Gasteiger partial charge in [-0.1, -0.05) is 79.7 Å². The first-order valence-electron chi connectivity index (χ1n) is 13.7. The van der Waals surface area contributed by atoms with Crippen molar-refractivity contribution in [1.82, 2.24) is 19.5 Å². The lowest BCUT2D eigenvalue weighted by atomic mass is 9.77. The lowest BCUT2D eigenvalue weighted by molar-refractivity contribution is 0.137. The number of nitrogens with one attached hydrogen (secondary N) is 1. The third-order valence-electron chi connectivity index (χ3n) is 7.18. The number of ether oxygens (including phenoxy) is 2. The Morgan fingerprint density at radius 3 is 2.05 bits per heavy atom. The molecule has 0 radical (unpaired) electrons. The van der Waals surface area contributed by atoms with Crippen molar-refractivity contribution in [2.45, 2.75) is 24.9 Å². The molecular weight excluding hydrogens is 533 g/mol. The molecule has 0 spiro atoms. The van der Waals surface area contributed by atoms with Gasteiger partial charge in [0, 0.05) is 0 Å². The summed E-state index contributed by atoms with van der Waals surface area (Å²) >= 11 is 0. The molecular formula is C32H36N5O3P. The van der Waals surface area contributed by atoms with E-state index in [1.807, 2.05) is 53.1 Å². The lowest BCUT2D eigenvalue weighted by Gasteiger charge is -2.37. The van der Waals surface area contributed by atoms with Crippen LogP contribution in [-0.4, -0.2) is 52.9 Å². The van der Waals surface area contributed by atoms with Crippen molar-refractivity contribution >= 4 is 24.1 Å². The van der Waals surface area contributed by atoms with Gasteiger partial charge in [-0.3, -0.25) is 0 Å². The number of fused-ring (bicyclic) bond motifs is 1. The molecule has 1 unspecified atom stereocenters. The normalized spacial score (nSPS) is 12.8. The minimum atomic E-state index is -2.27. The highest BCUT2D eigenvalue weighted by Crippen LogP contribution is 2.41. The summed E-state index contributed by atoms with van der Waals surface area (Å²) in [6.45, 7) is 5.99. The van der Waals surface area contributed by atoms with E-state index >= 15 is 0 Å². The van der Waals surface area contributed by atoms with E-state index < -0.39 is 12.7 Å². The summed E-state index contributed by atoms with van der Waals surface area (Å²) in [5, 5.41) is 3.82. The maximum atomic E-state index is 12.2. The van der Waals surface area contributed by atoms with Gasteiger partial charge in [0.15, 0.2) is 11.5 Å². The van der Waals surface area contributed by atoms with Crippen LogP contribution in [0.15, 0.2) is 97.6 Å². The average molecular weight is 570 g/mol. The molecule has 5 aromatic rings. The van der Waals surface area contributed by atoms with E-state index in [0.29, 0.717) is 23.6 Å². The van der Waals surface area contributed by atoms with Crippen LogP contribution in [0.4, 0.5) is 5.82 Å². The van der Waals surface area contributed by atoms with Crippen LogP contribution in [0.2, 0.25) is 0 Å². The van der Waals surface area contributed by atoms with Crippen molar-refractivity contribution in [3.05, 3.63) is 114 Å². The van der Waals surface area contributed by atoms with Crippen LogP contribution in [0, 0.1) is 0 Å². The van der Waals surface area contributed by atoms with Gasteiger partial charge in [-0.15, -0.1) is 0 Å². The van der Waals surface area contributed by atoms with Crippen molar-refractivity contribution in [3.63, 3.8) is 0 Å². The minimum absolute atomic E-state index is 0.0103. The second-order valence-electron chi connectivity index (χ2n) is 10.5. The SMILES string of the molecule is CCC(COCP(C)(C)=O)n1cnc2c(NC(c3ccccc3)(c3ccccc3)c3ccc(OC)cc3)ncnc21. The predicted octanol–water partition coefficient (Wildman–Crippen LogP) is 6.79. The first-order valence-corrected chi connectivity index (χ1v) is 16.5. The number of hydrogen-bond donors (Lipinski definition) is 1. The van der Waals surface area contributed by atoms with Gasteiger partial charge in [-0.05, 0) is 48.6 Å². The smallest absolute Gasteiger partial charge is 0.165 e. The molecule has 0 fully saturated rings. The zero-order valence-corrected chi connectivity index (χ0v) is 24.8. The van der Waals surface area contributed by atoms with Crippen LogP contribution < -0.4 is 10.1 Å². The zero-order chi connectivity index (χ0) is 28.9. The molecule has 0 saturated carbocycles. The largest absolute Gasteiger partial charge is 0.497 e. The molecule has 8 nitrogen and oxygen atoms in total. The van der Waals surface area contributed by atoms with Gasteiger partial charge < -0.3 is 23.9 Å². The molecule has 41 heavy (non-hydrogen) atoms. The van der Waals surface area contributed by atoms with Crippen molar-refractivity contribution in [3.8, 4) is 5.75 Å². The summed E-state index contributed by atoms with van der Waals surface area (Å²) < 4.78 is 25.5. The maximum absolute atomic E-state index is 12.2. The molecule has 0 saturated heterocycles. The van der Waals surface area contributed by atoms with E-state index in [4.69, 9.17) is 19.4 Å². The molecule has 2 heterocycles. The number of aromatic nitrogens is 4. The Morgan fingerprint density at radius 2 is 1.49 bits per heavy atom. The van der Waals surface area contributed by atoms with Crippen LogP contribution in [0.1, 0.15) is 36.1 Å². The summed E-state index contributed by atoms with van der Waals surface area (Å²) in [4.78, 5) is 14.1. The third kappa shape index (κ3) is 6.04. The molecule has 2 aromatic heterocycles. The highest BCUT2D eigenvalue weighted by Gasteiger charge is 2.37. The molecule has 0 bridgehead atoms. The monoisotopic (exact) mass is 569 g/mol. The van der Waals surface area contributed by atoms with Gasteiger partial charge in [0.2, 0.25) is 0 Å². The van der Waals surface area contributed by atoms with Crippen LogP contribution in [0.25, 0.3) is 11.2 Å². The van der Waals surface area contributed by atoms with E-state index in [1.54, 1.807) is 33.1 Å². The Hall–Kier alpha value is -4.00. The van der Waals surface area contributed by atoms with Gasteiger partial charge in [-0.25, -0.2) is 15.0 Å². The minimum Gasteiger partial charge on any atom is -0.497 e. The van der Waals surface area contributed by atoms with E-state index in [9.17, 15) is 4.57 Å². The van der Waals surface area contributed by atoms with Gasteiger partial charge in [0.25, 0.3) is 0 Å². The Labute approximate surface area is 241 Å². The summed E-state index contributed by atoms with van der Waals surface area (Å²) in [5.41, 5.74) is 3.68. The van der Waals surface area contributed by atoms with E-state index in [2.05, 4.69) is 53.6 Å². The molecule has 0 aliphatic carbocycles. The van der Waals surface area contributed by atoms with Crippen molar-refractivity contribution in [2.24, 2.45) is 0 Å². The van der Waals surface area contributed by atoms with E-state index in [0.717, 1.165) is 28.9 Å². The second kappa shape index (κ2) is 12.2. The molecule has 212 valence electrons. The van der Waals surface area contributed by atoms with Crippen LogP contribution in [-0.2, 0) is 14.8 Å². The van der Waals surface area contributed by atoms with Gasteiger partial charge >= 0.3 is 0 Å². The standard InChI is InChI=1S/C32H36N5O3P/c1-5-27(20-40-23-41(3,4)38)37-22-35-29-30(33-21-34-31(29)37)36-32(24-12-8-6-9-13-24,25-14-10-7-11-15-25)26-16-18-28(39-2)19-17-26/h6-19,21-22,27H,5,20,23H2,1-4H3,(H,33,34,36). The van der Waals surface area contributed by atoms with Crippen LogP contribution in [0.5, 0.6) is 5.75 Å². The molecule has 5 rings (SSSR count). The first-order chi connectivity index (χ1) is 19.9. The number of benzene rings is 3. The topological polar surface area (TPSA) is 91.2 Å². The van der Waals surface area contributed by atoms with Gasteiger partial charge in [0.1, 0.15) is 30.3 Å². The number of anilines is 1. The predicted molar refractivity (Wildman–Crippen MR) is 164 cm³/mol. The van der Waals surface area contributed by atoms with Crippen molar-refractivity contribution in [2.75, 3.05) is 38.7 Å². The summed E-state index contributed by atoms with van der Waals surface area (Å²) in [6, 6.07) is 28.7. The lowest BCUT2D eigenvalue weighted by Crippen LogP contribution is -2.38. The number of hydrogen-bond acceptors (Lipinski definition) is 7. The zero-order valence-electron chi connectivity index (χ0n) is 23.9. The molecule has 1 atom stereocenters. The van der Waals surface area contributed by atoms with Gasteiger partial charge in [0.05, 0.1) is 32.4 Å². The Bertz CT molecular complexity index is 1580. The Balaban J connectivity index is 1.63. The quantitative estimate of drug-likeness (QED) is 0.131. The number of rotatable bonds is 12. The average Bonchev–Trinajstić information content (AvgIpc) is 3.43. The Morgan fingerprint density at radius 1 is 0.878 bits per heavy atom. The van der Waals surface area contributed by atoms with Crippen molar-refractivity contribution < 1.29 is 14.0 Å². The fourth-order valence-electron chi connectivity index (χ4n) is 5.13. The highest BCUT2D eigenvalue weighted by molar-refractivity contribution is 7.62. The molecule has 1 N–H and O–H groups in total. The van der Waals surface area contributed by atoms with E-state index in [-0.39, 0.29) is 12.4 Å². The fourth-order valence-corrected chi connectivity index (χ4v) is 5.67. The third-order valence-corrected chi connectivity index (χ3v) is 7.98. The highest BCUT2D eigenvalue weighted by atomic mass is 31.2. The summed E-state index contributed by atoms with van der Waals surface area (Å²) in [6.07, 6.45) is 4.41. The molecule has 0 aliphatic rings. The Kier molecular flexibility index (Phi) is 8.52. The second-order valence-corrected chi connectivity index (χ2v) is 13.9. The van der Waals surface area contributed by atoms with E-state index in [1.165, 1.54) is 0 Å². The number of nitrogens with zero attached hydrogens (tertiary/aromatic N) is 4. The summed E-state index contributed by atoms with van der Waals surface area (Å²) in [7, 11) is -0.605. The van der Waals surface area contributed by atoms with Crippen molar-refractivity contribution in [1.29, 1.82) is 0 Å². The van der Waals surface area contributed by atoms with Crippen LogP contribution in [0.3, 0.4) is 0 Å². The summed E-state index contributed by atoms with van der Waals surface area (Å²) in [5.74, 6) is 1.39. The maximum Gasteiger partial charge on any atom is 0.165 e. The molecule has 3 aromatic carbocycles. The number of methoxy groups -OCH3 is 1. The molecule has 0 aliphatic heterocycles. The molecule has 0 amide bonds. The fraction of sp³-hybridized carbons (Fsp3) is 0.281. The van der Waals surface area contributed by atoms with Crippen LogP contribution >= 0.6 is 7.14 Å². The number of imidazole rings is 1.